The molecule has 3 heterocycles. The standard InChI is InChI=1S/C22H20ClF2N5O3/c23-16-6-2-1-5-14(16)11-27-20(31)17-9-8-15-12-26-19(21(32)30(15)17)28-13-22(24,25)18-7-3-4-10-29(18)33/h1-7,10,12,17H,8-9,11,13H2,(H,26,28)(H,27,31)/t17-/m0/s1. The number of alkyl halides is 2. The largest absolute Gasteiger partial charge is 0.618 e. The van der Waals surface area contributed by atoms with Crippen LogP contribution >= 0.6 is 11.6 Å². The van der Waals surface area contributed by atoms with E-state index >= 15 is 0 Å². The molecule has 0 saturated heterocycles. The first-order valence-electron chi connectivity index (χ1n) is 10.2. The van der Waals surface area contributed by atoms with Crippen LogP contribution in [0.4, 0.5) is 14.6 Å². The molecule has 33 heavy (non-hydrogen) atoms. The third-order valence-electron chi connectivity index (χ3n) is 5.45. The molecule has 2 N–H and O–H groups in total. The maximum atomic E-state index is 14.5. The molecule has 1 atom stereocenters. The van der Waals surface area contributed by atoms with Gasteiger partial charge in [0.1, 0.15) is 6.04 Å². The number of hydrogen-bond donors (Lipinski definition) is 2. The van der Waals surface area contributed by atoms with E-state index in [9.17, 15) is 23.6 Å². The van der Waals surface area contributed by atoms with Crippen LogP contribution in [0, 0.1) is 5.21 Å². The topological polar surface area (TPSA) is 103 Å². The molecule has 11 heteroatoms. The second-order valence-corrected chi connectivity index (χ2v) is 8.01. The van der Waals surface area contributed by atoms with Crippen LogP contribution in [0.1, 0.15) is 29.4 Å². The van der Waals surface area contributed by atoms with E-state index in [1.165, 1.54) is 22.9 Å². The molecule has 1 amide bonds. The predicted octanol–water partition coefficient (Wildman–Crippen LogP) is 2.54. The lowest BCUT2D eigenvalue weighted by molar-refractivity contribution is -0.624. The summed E-state index contributed by atoms with van der Waals surface area (Å²) in [5.41, 5.74) is -0.165. The van der Waals surface area contributed by atoms with Crippen molar-refractivity contribution < 1.29 is 18.3 Å². The minimum atomic E-state index is -3.55. The number of benzene rings is 1. The number of halogens is 3. The van der Waals surface area contributed by atoms with E-state index in [0.717, 1.165) is 17.8 Å². The summed E-state index contributed by atoms with van der Waals surface area (Å²) in [6.45, 7) is -0.821. The third-order valence-corrected chi connectivity index (χ3v) is 5.82. The van der Waals surface area contributed by atoms with Gasteiger partial charge in [0.05, 0.1) is 6.54 Å². The van der Waals surface area contributed by atoms with Crippen molar-refractivity contribution in [2.45, 2.75) is 31.4 Å². The fourth-order valence-electron chi connectivity index (χ4n) is 3.75. The quantitative estimate of drug-likeness (QED) is 0.404. The Hall–Kier alpha value is -3.53. The summed E-state index contributed by atoms with van der Waals surface area (Å²) in [4.78, 5) is 29.7. The lowest BCUT2D eigenvalue weighted by Gasteiger charge is -2.18. The number of aryl methyl sites for hydroxylation is 1. The molecule has 0 spiro atoms. The van der Waals surface area contributed by atoms with Gasteiger partial charge in [-0.3, -0.25) is 14.2 Å². The van der Waals surface area contributed by atoms with E-state index in [4.69, 9.17) is 11.6 Å². The Kier molecular flexibility index (Phi) is 6.28. The van der Waals surface area contributed by atoms with Crippen LogP contribution in [0.25, 0.3) is 0 Å². The zero-order chi connectivity index (χ0) is 23.6. The van der Waals surface area contributed by atoms with Gasteiger partial charge in [0, 0.05) is 35.6 Å². The molecule has 0 fully saturated rings. The molecular weight excluding hydrogens is 456 g/mol. The van der Waals surface area contributed by atoms with E-state index in [1.807, 2.05) is 0 Å². The lowest BCUT2D eigenvalue weighted by atomic mass is 10.2. The molecule has 172 valence electrons. The van der Waals surface area contributed by atoms with Gasteiger partial charge in [-0.25, -0.2) is 4.98 Å². The average Bonchev–Trinajstić information content (AvgIpc) is 3.23. The number of nitrogens with zero attached hydrogens (tertiary/aromatic N) is 3. The zero-order valence-corrected chi connectivity index (χ0v) is 18.1. The first kappa shape index (κ1) is 22.7. The number of pyridine rings is 1. The normalized spacial score (nSPS) is 15.2. The van der Waals surface area contributed by atoms with Crippen molar-refractivity contribution in [3.8, 4) is 0 Å². The van der Waals surface area contributed by atoms with Crippen LogP contribution in [0.15, 0.2) is 59.7 Å². The van der Waals surface area contributed by atoms with Crippen LogP contribution in [0.3, 0.4) is 0 Å². The maximum absolute atomic E-state index is 14.5. The van der Waals surface area contributed by atoms with Gasteiger partial charge in [-0.05, 0) is 30.5 Å². The highest BCUT2D eigenvalue weighted by atomic mass is 35.5. The first-order valence-corrected chi connectivity index (χ1v) is 10.6. The Morgan fingerprint density at radius 2 is 2.03 bits per heavy atom. The predicted molar refractivity (Wildman–Crippen MR) is 117 cm³/mol. The molecule has 8 nitrogen and oxygen atoms in total. The molecule has 0 saturated carbocycles. The van der Waals surface area contributed by atoms with Crippen molar-refractivity contribution in [2.24, 2.45) is 0 Å². The van der Waals surface area contributed by atoms with Gasteiger partial charge in [0.25, 0.3) is 11.3 Å². The number of rotatable bonds is 7. The second-order valence-electron chi connectivity index (χ2n) is 7.61. The number of nitrogens with one attached hydrogen (secondary N) is 2. The van der Waals surface area contributed by atoms with Crippen LogP contribution in [-0.2, 0) is 23.7 Å². The summed E-state index contributed by atoms with van der Waals surface area (Å²) in [6, 6.07) is 9.95. The summed E-state index contributed by atoms with van der Waals surface area (Å²) in [7, 11) is 0. The Morgan fingerprint density at radius 1 is 1.27 bits per heavy atom. The molecule has 1 aromatic carbocycles. The summed E-state index contributed by atoms with van der Waals surface area (Å²) >= 11 is 6.11. The molecule has 0 aliphatic carbocycles. The number of amides is 1. The van der Waals surface area contributed by atoms with Gasteiger partial charge >= 0.3 is 5.92 Å². The highest BCUT2D eigenvalue weighted by molar-refractivity contribution is 6.31. The minimum Gasteiger partial charge on any atom is -0.618 e. The van der Waals surface area contributed by atoms with Crippen molar-refractivity contribution in [3.63, 3.8) is 0 Å². The van der Waals surface area contributed by atoms with Crippen LogP contribution in [-0.4, -0.2) is 22.0 Å². The van der Waals surface area contributed by atoms with Crippen LogP contribution in [0.5, 0.6) is 0 Å². The van der Waals surface area contributed by atoms with E-state index in [1.54, 1.807) is 24.3 Å². The fraction of sp³-hybridized carbons (Fsp3) is 0.273. The van der Waals surface area contributed by atoms with Gasteiger partial charge in [-0.1, -0.05) is 29.8 Å². The summed E-state index contributed by atoms with van der Waals surface area (Å²) in [5.74, 6) is -4.25. The number of anilines is 1. The Morgan fingerprint density at radius 3 is 2.79 bits per heavy atom. The number of carbonyl (C=O) groups is 1. The first-order chi connectivity index (χ1) is 15.8. The van der Waals surface area contributed by atoms with Crippen LogP contribution in [0.2, 0.25) is 5.02 Å². The van der Waals surface area contributed by atoms with Crippen molar-refractivity contribution >= 4 is 23.3 Å². The molecular formula is C22H20ClF2N5O3. The van der Waals surface area contributed by atoms with E-state index in [2.05, 4.69) is 15.6 Å². The molecule has 1 aliphatic rings. The molecule has 3 aromatic rings. The van der Waals surface area contributed by atoms with Gasteiger partial charge in [0.2, 0.25) is 5.91 Å². The fourth-order valence-corrected chi connectivity index (χ4v) is 3.95. The van der Waals surface area contributed by atoms with Gasteiger partial charge in [-0.2, -0.15) is 13.5 Å². The smallest absolute Gasteiger partial charge is 0.347 e. The highest BCUT2D eigenvalue weighted by Crippen LogP contribution is 2.27. The van der Waals surface area contributed by atoms with E-state index in [-0.39, 0.29) is 23.0 Å². The number of carbonyl (C=O) groups excluding carboxylic acids is 1. The van der Waals surface area contributed by atoms with E-state index in [0.29, 0.717) is 23.6 Å². The summed E-state index contributed by atoms with van der Waals surface area (Å²) in [5, 5.41) is 17.3. The SMILES string of the molecule is O=C(NCc1ccccc1Cl)[C@@H]1CCc2cnc(NCC(F)(F)c3cccc[n+]3[O-])c(=O)n21. The number of fused-ring (bicyclic) bond motifs is 1. The lowest BCUT2D eigenvalue weighted by Crippen LogP contribution is -2.42. The summed E-state index contributed by atoms with van der Waals surface area (Å²) in [6.07, 6.45) is 3.19. The third kappa shape index (κ3) is 4.65. The molecule has 1 aliphatic heterocycles. The molecule has 0 unspecified atom stereocenters. The monoisotopic (exact) mass is 475 g/mol. The molecule has 0 bridgehead atoms. The van der Waals surface area contributed by atoms with Crippen molar-refractivity contribution in [3.05, 3.63) is 92.4 Å². The Labute approximate surface area is 192 Å². The van der Waals surface area contributed by atoms with Crippen molar-refractivity contribution in [1.82, 2.24) is 14.9 Å². The minimum absolute atomic E-state index is 0.0734. The van der Waals surface area contributed by atoms with Crippen molar-refractivity contribution in [2.75, 3.05) is 11.9 Å². The van der Waals surface area contributed by atoms with Crippen LogP contribution < -0.4 is 20.9 Å². The number of hydrogen-bond acceptors (Lipinski definition) is 5. The highest BCUT2D eigenvalue weighted by Gasteiger charge is 2.40. The van der Waals surface area contributed by atoms with Gasteiger partial charge in [0.15, 0.2) is 12.0 Å². The molecule has 0 radical (unpaired) electrons. The Balaban J connectivity index is 1.50. The second kappa shape index (κ2) is 9.14. The summed E-state index contributed by atoms with van der Waals surface area (Å²) < 4.78 is 30.4. The van der Waals surface area contributed by atoms with Crippen molar-refractivity contribution in [1.29, 1.82) is 0 Å². The van der Waals surface area contributed by atoms with Gasteiger partial charge in [-0.15, -0.1) is 0 Å². The van der Waals surface area contributed by atoms with Gasteiger partial charge < -0.3 is 15.8 Å². The molecule has 2 aromatic heterocycles. The van der Waals surface area contributed by atoms with E-state index < -0.39 is 29.8 Å². The molecule has 4 rings (SSSR count). The Bertz CT molecular complexity index is 1250. The average molecular weight is 476 g/mol. The zero-order valence-electron chi connectivity index (χ0n) is 17.3. The maximum Gasteiger partial charge on any atom is 0.347 e. The number of aromatic nitrogens is 3.